The van der Waals surface area contributed by atoms with Crippen molar-refractivity contribution < 1.29 is 0 Å². The van der Waals surface area contributed by atoms with Gasteiger partial charge in [0.2, 0.25) is 0 Å². The van der Waals surface area contributed by atoms with Crippen molar-refractivity contribution in [1.82, 2.24) is 0 Å². The van der Waals surface area contributed by atoms with Crippen molar-refractivity contribution >= 4 is 89.8 Å². The molecule has 0 unspecified atom stereocenters. The predicted molar refractivity (Wildman–Crippen MR) is 127 cm³/mol. The summed E-state index contributed by atoms with van der Waals surface area (Å²) in [6.45, 7) is 0. The average molecular weight is 447 g/mol. The lowest BCUT2D eigenvalue weighted by Crippen LogP contribution is -2.05. The van der Waals surface area contributed by atoms with Gasteiger partial charge in [0.25, 0.3) is 0 Å². The standard InChI is InChI=1S/C14H22S8/c15-19-5-1-11-9-13(3-7-21-17)14(4-8-22-18)10-12(11)2-6-20-16/h9-10,15-18H,1-8H2. The van der Waals surface area contributed by atoms with Crippen LogP contribution in [0.2, 0.25) is 0 Å². The first-order valence-electron chi connectivity index (χ1n) is 6.95. The SMILES string of the molecule is SSCCc1cc(CCSS)c(CCSS)cc1CCSS. The molecule has 0 bridgehead atoms. The van der Waals surface area contributed by atoms with E-state index in [9.17, 15) is 0 Å². The molecule has 0 fully saturated rings. The first-order chi connectivity index (χ1) is 10.8. The Balaban J connectivity index is 3.04. The quantitative estimate of drug-likeness (QED) is 0.224. The van der Waals surface area contributed by atoms with Crippen molar-refractivity contribution in [1.29, 1.82) is 0 Å². The van der Waals surface area contributed by atoms with Gasteiger partial charge in [0, 0.05) is 23.0 Å². The highest BCUT2D eigenvalue weighted by Gasteiger charge is 2.10. The van der Waals surface area contributed by atoms with Crippen molar-refractivity contribution in [2.75, 3.05) is 23.0 Å². The fraction of sp³-hybridized carbons (Fsp3) is 0.571. The van der Waals surface area contributed by atoms with Gasteiger partial charge >= 0.3 is 0 Å². The van der Waals surface area contributed by atoms with Crippen LogP contribution in [0.4, 0.5) is 0 Å². The third kappa shape index (κ3) is 8.41. The Bertz CT molecular complexity index is 349. The van der Waals surface area contributed by atoms with E-state index in [0.717, 1.165) is 48.7 Å². The first kappa shape index (κ1) is 22.1. The lowest BCUT2D eigenvalue weighted by atomic mass is 9.93. The van der Waals surface area contributed by atoms with Crippen LogP contribution in [0.3, 0.4) is 0 Å². The van der Waals surface area contributed by atoms with Crippen molar-refractivity contribution in [3.05, 3.63) is 34.4 Å². The lowest BCUT2D eigenvalue weighted by molar-refractivity contribution is 0.990. The molecule has 0 aliphatic heterocycles. The van der Waals surface area contributed by atoms with Crippen molar-refractivity contribution in [2.24, 2.45) is 0 Å². The Labute approximate surface area is 171 Å². The molecular weight excluding hydrogens is 425 g/mol. The summed E-state index contributed by atoms with van der Waals surface area (Å²) in [6, 6.07) is 4.84. The molecule has 8 heteroatoms. The van der Waals surface area contributed by atoms with Crippen molar-refractivity contribution in [3.63, 3.8) is 0 Å². The molecule has 0 saturated heterocycles. The van der Waals surface area contributed by atoms with Gasteiger partial charge in [-0.1, -0.05) is 55.3 Å². The fourth-order valence-electron chi connectivity index (χ4n) is 2.34. The lowest BCUT2D eigenvalue weighted by Gasteiger charge is -2.16. The number of rotatable bonds is 12. The van der Waals surface area contributed by atoms with E-state index in [4.69, 9.17) is 0 Å². The summed E-state index contributed by atoms with van der Waals surface area (Å²) in [4.78, 5) is 0. The smallest absolute Gasteiger partial charge is 0.00751 e. The predicted octanol–water partition coefficient (Wildman–Crippen LogP) is 6.17. The van der Waals surface area contributed by atoms with Gasteiger partial charge in [0.1, 0.15) is 0 Å². The minimum absolute atomic E-state index is 1.05. The van der Waals surface area contributed by atoms with Crippen molar-refractivity contribution in [2.45, 2.75) is 25.7 Å². The summed E-state index contributed by atoms with van der Waals surface area (Å²) < 4.78 is 0. The molecule has 0 spiro atoms. The van der Waals surface area contributed by atoms with E-state index in [1.54, 1.807) is 43.2 Å². The minimum atomic E-state index is 1.05. The molecule has 0 heterocycles. The molecule has 1 rings (SSSR count). The summed E-state index contributed by atoms with van der Waals surface area (Å²) in [5, 5.41) is 0. The molecule has 0 radical (unpaired) electrons. The minimum Gasteiger partial charge on any atom is -0.111 e. The average Bonchev–Trinajstić information content (AvgIpc) is 2.55. The van der Waals surface area contributed by atoms with Crippen LogP contribution >= 0.6 is 89.8 Å². The molecule has 0 aliphatic carbocycles. The topological polar surface area (TPSA) is 0 Å². The molecule has 1 aromatic carbocycles. The molecule has 22 heavy (non-hydrogen) atoms. The van der Waals surface area contributed by atoms with Crippen LogP contribution < -0.4 is 0 Å². The van der Waals surface area contributed by atoms with E-state index in [1.165, 1.54) is 22.3 Å². The number of hydrogen-bond donors (Lipinski definition) is 4. The van der Waals surface area contributed by atoms with Gasteiger partial charge in [-0.05, 0) is 47.9 Å². The fourth-order valence-corrected chi connectivity index (χ4v) is 4.68. The van der Waals surface area contributed by atoms with Crippen molar-refractivity contribution in [3.8, 4) is 0 Å². The van der Waals surface area contributed by atoms with E-state index < -0.39 is 0 Å². The molecule has 0 atom stereocenters. The summed E-state index contributed by atoms with van der Waals surface area (Å²) in [7, 11) is 6.46. The monoisotopic (exact) mass is 446 g/mol. The number of hydrogen-bond acceptors (Lipinski definition) is 8. The molecule has 0 nitrogen and oxygen atoms in total. The molecule has 126 valence electrons. The van der Waals surface area contributed by atoms with Gasteiger partial charge in [-0.25, -0.2) is 0 Å². The zero-order valence-corrected chi connectivity index (χ0v) is 19.1. The molecular formula is C14H22S8. The second-order valence-corrected chi connectivity index (χ2v) is 10.5. The molecule has 0 N–H and O–H groups in total. The molecule has 0 saturated carbocycles. The van der Waals surface area contributed by atoms with Crippen LogP contribution in [-0.4, -0.2) is 23.0 Å². The number of aryl methyl sites for hydroxylation is 4. The maximum Gasteiger partial charge on any atom is 0.00751 e. The highest BCUT2D eigenvalue weighted by Crippen LogP contribution is 2.25. The van der Waals surface area contributed by atoms with Gasteiger partial charge < -0.3 is 0 Å². The van der Waals surface area contributed by atoms with Crippen LogP contribution in [0.5, 0.6) is 0 Å². The molecule has 0 aliphatic rings. The van der Waals surface area contributed by atoms with Gasteiger partial charge in [0.05, 0.1) is 0 Å². The van der Waals surface area contributed by atoms with Crippen LogP contribution in [0.15, 0.2) is 12.1 Å². The maximum atomic E-state index is 4.28. The Morgan fingerprint density at radius 3 is 0.909 bits per heavy atom. The third-order valence-electron chi connectivity index (χ3n) is 3.37. The number of benzene rings is 1. The van der Waals surface area contributed by atoms with Gasteiger partial charge in [0.15, 0.2) is 0 Å². The van der Waals surface area contributed by atoms with Crippen LogP contribution in [0, 0.1) is 0 Å². The second-order valence-electron chi connectivity index (χ2n) is 4.72. The molecule has 1 aromatic rings. The first-order valence-corrected chi connectivity index (χ1v) is 15.1. The summed E-state index contributed by atoms with van der Waals surface area (Å²) in [6.07, 6.45) is 4.35. The normalized spacial score (nSPS) is 11.1. The van der Waals surface area contributed by atoms with Gasteiger partial charge in [-0.3, -0.25) is 0 Å². The Morgan fingerprint density at radius 1 is 0.500 bits per heavy atom. The van der Waals surface area contributed by atoms with E-state index >= 15 is 0 Å². The Hall–Kier alpha value is 2.02. The van der Waals surface area contributed by atoms with E-state index in [1.807, 2.05) is 0 Å². The van der Waals surface area contributed by atoms with E-state index in [2.05, 4.69) is 58.8 Å². The largest absolute Gasteiger partial charge is 0.111 e. The van der Waals surface area contributed by atoms with Gasteiger partial charge in [-0.2, -0.15) is 0 Å². The van der Waals surface area contributed by atoms with E-state index in [-0.39, 0.29) is 0 Å². The second kappa shape index (κ2) is 14.2. The molecule has 0 aromatic heterocycles. The highest BCUT2D eigenvalue weighted by molar-refractivity contribution is 8.69. The Kier molecular flexibility index (Phi) is 14.3. The summed E-state index contributed by atoms with van der Waals surface area (Å²) >= 11 is 17.1. The third-order valence-corrected chi connectivity index (χ3v) is 7.11. The summed E-state index contributed by atoms with van der Waals surface area (Å²) in [5.41, 5.74) is 5.91. The maximum absolute atomic E-state index is 4.28. The summed E-state index contributed by atoms with van der Waals surface area (Å²) in [5.74, 6) is 4.21. The van der Waals surface area contributed by atoms with Crippen LogP contribution in [0.25, 0.3) is 0 Å². The zero-order valence-electron chi connectivity index (χ0n) is 12.2. The highest BCUT2D eigenvalue weighted by atomic mass is 33.1. The Morgan fingerprint density at radius 2 is 0.727 bits per heavy atom. The zero-order chi connectivity index (χ0) is 16.2. The van der Waals surface area contributed by atoms with E-state index in [0.29, 0.717) is 0 Å². The molecule has 0 amide bonds. The number of thiol groups is 4. The van der Waals surface area contributed by atoms with Gasteiger partial charge in [-0.15, -0.1) is 46.6 Å². The van der Waals surface area contributed by atoms with Crippen LogP contribution in [0.1, 0.15) is 22.3 Å². The van der Waals surface area contributed by atoms with Crippen LogP contribution in [-0.2, 0) is 25.7 Å².